The van der Waals surface area contributed by atoms with Crippen LogP contribution in [0.1, 0.15) is 29.5 Å². The second-order valence-electron chi connectivity index (χ2n) is 4.81. The van der Waals surface area contributed by atoms with E-state index in [1.54, 1.807) is 27.0 Å². The molecule has 1 aromatic heterocycles. The predicted octanol–water partition coefficient (Wildman–Crippen LogP) is 0.338. The van der Waals surface area contributed by atoms with Crippen molar-refractivity contribution < 1.29 is 19.4 Å². The molecule has 1 heterocycles. The van der Waals surface area contributed by atoms with Crippen molar-refractivity contribution in [1.29, 1.82) is 0 Å². The third kappa shape index (κ3) is 4.06. The van der Waals surface area contributed by atoms with Crippen LogP contribution in [0.5, 0.6) is 0 Å². The zero-order valence-electron chi connectivity index (χ0n) is 11.6. The van der Waals surface area contributed by atoms with E-state index < -0.39 is 11.5 Å². The number of methoxy groups -OCH3 is 1. The highest BCUT2D eigenvalue weighted by atomic mass is 16.5. The molecule has 0 aliphatic heterocycles. The first kappa shape index (κ1) is 15.2. The lowest BCUT2D eigenvalue weighted by molar-refractivity contribution is -0.139. The van der Waals surface area contributed by atoms with E-state index >= 15 is 0 Å². The number of carboxylic acids is 1. The Morgan fingerprint density at radius 2 is 2.21 bits per heavy atom. The van der Waals surface area contributed by atoms with Gasteiger partial charge in [0, 0.05) is 14.2 Å². The van der Waals surface area contributed by atoms with Gasteiger partial charge in [0.1, 0.15) is 5.69 Å². The van der Waals surface area contributed by atoms with Crippen LogP contribution < -0.4 is 5.32 Å². The maximum atomic E-state index is 12.1. The Balaban J connectivity index is 2.87. The second kappa shape index (κ2) is 5.83. The molecule has 7 nitrogen and oxygen atoms in total. The van der Waals surface area contributed by atoms with Crippen LogP contribution in [-0.4, -0.2) is 46.0 Å². The summed E-state index contributed by atoms with van der Waals surface area (Å²) in [6.07, 6.45) is -0.219. The van der Waals surface area contributed by atoms with Crippen molar-refractivity contribution in [3.05, 3.63) is 17.5 Å². The summed E-state index contributed by atoms with van der Waals surface area (Å²) in [5.41, 5.74) is 0.139. The van der Waals surface area contributed by atoms with Crippen molar-refractivity contribution in [2.45, 2.75) is 25.8 Å². The van der Waals surface area contributed by atoms with Crippen LogP contribution in [0.25, 0.3) is 0 Å². The number of hydrogen-bond donors (Lipinski definition) is 2. The maximum absolute atomic E-state index is 12.1. The highest BCUT2D eigenvalue weighted by molar-refractivity contribution is 5.93. The highest BCUT2D eigenvalue weighted by Crippen LogP contribution is 2.12. The first-order valence-electron chi connectivity index (χ1n) is 5.81. The van der Waals surface area contributed by atoms with Gasteiger partial charge in [0.25, 0.3) is 5.91 Å². The Labute approximate surface area is 111 Å². The zero-order chi connectivity index (χ0) is 14.6. The number of amides is 1. The molecule has 7 heteroatoms. The molecule has 1 unspecified atom stereocenters. The third-order valence-electron chi connectivity index (χ3n) is 2.65. The summed E-state index contributed by atoms with van der Waals surface area (Å²) >= 11 is 0. The van der Waals surface area contributed by atoms with Crippen molar-refractivity contribution in [2.24, 2.45) is 7.05 Å². The number of carbonyl (C=O) groups excluding carboxylic acids is 1. The molecule has 0 aliphatic rings. The summed E-state index contributed by atoms with van der Waals surface area (Å²) in [5.74, 6) is -1.37. The SMILES string of the molecule is COCC(C)(CC(=O)O)NC(=O)c1cc(C)nn1C. The lowest BCUT2D eigenvalue weighted by Crippen LogP contribution is -2.51. The first-order valence-corrected chi connectivity index (χ1v) is 5.81. The van der Waals surface area contributed by atoms with Gasteiger partial charge < -0.3 is 15.2 Å². The molecule has 1 rings (SSSR count). The lowest BCUT2D eigenvalue weighted by atomic mass is 9.98. The molecule has 1 atom stereocenters. The number of carboxylic acid groups (broad SMARTS) is 1. The van der Waals surface area contributed by atoms with Crippen LogP contribution in [0.15, 0.2) is 6.07 Å². The van der Waals surface area contributed by atoms with Gasteiger partial charge in [-0.25, -0.2) is 0 Å². The summed E-state index contributed by atoms with van der Waals surface area (Å²) in [5, 5.41) is 15.7. The van der Waals surface area contributed by atoms with Crippen LogP contribution in [0.3, 0.4) is 0 Å². The predicted molar refractivity (Wildman–Crippen MR) is 67.9 cm³/mol. The molecule has 0 aliphatic carbocycles. The molecule has 19 heavy (non-hydrogen) atoms. The maximum Gasteiger partial charge on any atom is 0.305 e. The van der Waals surface area contributed by atoms with Gasteiger partial charge in [0.15, 0.2) is 0 Å². The number of nitrogens with one attached hydrogen (secondary N) is 1. The minimum Gasteiger partial charge on any atom is -0.481 e. The van der Waals surface area contributed by atoms with Gasteiger partial charge in [-0.1, -0.05) is 0 Å². The summed E-state index contributed by atoms with van der Waals surface area (Å²) in [4.78, 5) is 23.0. The molecule has 0 bridgehead atoms. The van der Waals surface area contributed by atoms with Gasteiger partial charge in [0.05, 0.1) is 24.3 Å². The number of rotatable bonds is 6. The number of aliphatic carboxylic acids is 1. The number of aromatic nitrogens is 2. The fourth-order valence-corrected chi connectivity index (χ4v) is 1.94. The van der Waals surface area contributed by atoms with E-state index in [0.717, 1.165) is 5.69 Å². The quantitative estimate of drug-likeness (QED) is 0.776. The zero-order valence-corrected chi connectivity index (χ0v) is 11.6. The average Bonchev–Trinajstić information content (AvgIpc) is 2.56. The van der Waals surface area contributed by atoms with Crippen LogP contribution in [-0.2, 0) is 16.6 Å². The van der Waals surface area contributed by atoms with Crippen molar-refractivity contribution in [1.82, 2.24) is 15.1 Å². The van der Waals surface area contributed by atoms with Crippen LogP contribution in [0.2, 0.25) is 0 Å². The molecular weight excluding hydrogens is 250 g/mol. The fraction of sp³-hybridized carbons (Fsp3) is 0.583. The van der Waals surface area contributed by atoms with Crippen LogP contribution in [0, 0.1) is 6.92 Å². The highest BCUT2D eigenvalue weighted by Gasteiger charge is 2.30. The number of ether oxygens (including phenoxy) is 1. The largest absolute Gasteiger partial charge is 0.481 e. The van der Waals surface area contributed by atoms with E-state index in [2.05, 4.69) is 10.4 Å². The van der Waals surface area contributed by atoms with Crippen molar-refractivity contribution in [3.63, 3.8) is 0 Å². The lowest BCUT2D eigenvalue weighted by Gasteiger charge is -2.28. The standard InChI is InChI=1S/C12H19N3O4/c1-8-5-9(15(3)14-8)11(18)13-12(2,7-19-4)6-10(16)17/h5H,6-7H2,1-4H3,(H,13,18)(H,16,17). The molecule has 0 saturated heterocycles. The van der Waals surface area contributed by atoms with Gasteiger partial charge in [-0.3, -0.25) is 14.3 Å². The van der Waals surface area contributed by atoms with Crippen molar-refractivity contribution in [2.75, 3.05) is 13.7 Å². The van der Waals surface area contributed by atoms with Gasteiger partial charge in [-0.05, 0) is 19.9 Å². The van der Waals surface area contributed by atoms with E-state index in [-0.39, 0.29) is 18.9 Å². The minimum absolute atomic E-state index is 0.113. The minimum atomic E-state index is -0.999. The van der Waals surface area contributed by atoms with Gasteiger partial charge in [-0.2, -0.15) is 5.10 Å². The number of nitrogens with zero attached hydrogens (tertiary/aromatic N) is 2. The third-order valence-corrected chi connectivity index (χ3v) is 2.65. The van der Waals surface area contributed by atoms with E-state index in [1.165, 1.54) is 11.8 Å². The summed E-state index contributed by atoms with van der Waals surface area (Å²) in [6.45, 7) is 3.52. The van der Waals surface area contributed by atoms with Gasteiger partial charge in [0.2, 0.25) is 0 Å². The molecule has 1 aromatic rings. The molecule has 1 amide bonds. The van der Waals surface area contributed by atoms with E-state index in [0.29, 0.717) is 5.69 Å². The first-order chi connectivity index (χ1) is 8.77. The Bertz CT molecular complexity index is 483. The molecule has 0 saturated carbocycles. The van der Waals surface area contributed by atoms with Gasteiger partial charge >= 0.3 is 5.97 Å². The Morgan fingerprint density at radius 1 is 1.58 bits per heavy atom. The monoisotopic (exact) mass is 269 g/mol. The van der Waals surface area contributed by atoms with Crippen molar-refractivity contribution >= 4 is 11.9 Å². The Hall–Kier alpha value is -1.89. The Morgan fingerprint density at radius 3 is 2.63 bits per heavy atom. The van der Waals surface area contributed by atoms with Gasteiger partial charge in [-0.15, -0.1) is 0 Å². The molecule has 0 spiro atoms. The number of carbonyl (C=O) groups is 2. The molecular formula is C12H19N3O4. The smallest absolute Gasteiger partial charge is 0.305 e. The molecule has 106 valence electrons. The molecule has 2 N–H and O–H groups in total. The molecule has 0 radical (unpaired) electrons. The van der Waals surface area contributed by atoms with E-state index in [1.807, 2.05) is 0 Å². The normalized spacial score (nSPS) is 13.9. The molecule has 0 fully saturated rings. The van der Waals surface area contributed by atoms with Crippen LogP contribution in [0.4, 0.5) is 0 Å². The number of hydrogen-bond acceptors (Lipinski definition) is 4. The van der Waals surface area contributed by atoms with Crippen LogP contribution >= 0.6 is 0 Å². The summed E-state index contributed by atoms with van der Waals surface area (Å²) in [7, 11) is 3.12. The van der Waals surface area contributed by atoms with E-state index in [9.17, 15) is 9.59 Å². The number of aryl methyl sites for hydroxylation is 2. The van der Waals surface area contributed by atoms with Crippen molar-refractivity contribution in [3.8, 4) is 0 Å². The molecule has 0 aromatic carbocycles. The average molecular weight is 269 g/mol. The fourth-order valence-electron chi connectivity index (χ4n) is 1.94. The Kier molecular flexibility index (Phi) is 4.66. The summed E-state index contributed by atoms with van der Waals surface area (Å²) < 4.78 is 6.44. The topological polar surface area (TPSA) is 93.4 Å². The second-order valence-corrected chi connectivity index (χ2v) is 4.81. The summed E-state index contributed by atoms with van der Waals surface area (Å²) in [6, 6.07) is 1.64. The van der Waals surface area contributed by atoms with E-state index in [4.69, 9.17) is 9.84 Å².